The van der Waals surface area contributed by atoms with Crippen LogP contribution in [0, 0.1) is 0 Å². The first-order chi connectivity index (χ1) is 9.94. The summed E-state index contributed by atoms with van der Waals surface area (Å²) in [4.78, 5) is 3.87. The fourth-order valence-corrected chi connectivity index (χ4v) is 1.66. The highest BCUT2D eigenvalue weighted by molar-refractivity contribution is 14.0. The van der Waals surface area contributed by atoms with E-state index in [1.807, 2.05) is 24.3 Å². The van der Waals surface area contributed by atoms with E-state index in [1.165, 1.54) is 7.05 Å². The lowest BCUT2D eigenvalue weighted by Gasteiger charge is -2.13. The van der Waals surface area contributed by atoms with Crippen molar-refractivity contribution in [3.8, 4) is 5.75 Å². The molecule has 0 aliphatic heterocycles. The number of benzene rings is 1. The molecule has 0 unspecified atom stereocenters. The number of ether oxygens (including phenoxy) is 1. The normalized spacial score (nSPS) is 11.6. The van der Waals surface area contributed by atoms with Crippen LogP contribution in [-0.2, 0) is 6.42 Å². The third-order valence-electron chi connectivity index (χ3n) is 2.79. The van der Waals surface area contributed by atoms with Gasteiger partial charge in [0.25, 0.3) is 0 Å². The first kappa shape index (κ1) is 20.8. The van der Waals surface area contributed by atoms with Gasteiger partial charge in [0.1, 0.15) is 5.75 Å². The van der Waals surface area contributed by atoms with Gasteiger partial charge in [0.15, 0.2) is 5.96 Å². The van der Waals surface area contributed by atoms with Gasteiger partial charge in [-0.15, -0.1) is 24.0 Å². The van der Waals surface area contributed by atoms with Gasteiger partial charge in [0.05, 0.1) is 13.5 Å². The van der Waals surface area contributed by atoms with Crippen molar-refractivity contribution in [2.45, 2.75) is 19.0 Å². The maximum absolute atomic E-state index is 12.0. The summed E-state index contributed by atoms with van der Waals surface area (Å²) < 4.78 is 41.2. The van der Waals surface area contributed by atoms with Crippen LogP contribution in [0.3, 0.4) is 0 Å². The maximum atomic E-state index is 12.0. The standard InChI is InChI=1S/C14H20F3N3O.HI/c1-18-13(20-10-8-14(15,16)17)19-9-7-11-3-5-12(21-2)6-4-11;/h3-6H,7-10H2,1-2H3,(H2,18,19,20);1H. The fourth-order valence-electron chi connectivity index (χ4n) is 1.66. The lowest BCUT2D eigenvalue weighted by atomic mass is 10.1. The molecule has 0 aromatic heterocycles. The van der Waals surface area contributed by atoms with Crippen LogP contribution in [0.4, 0.5) is 13.2 Å². The topological polar surface area (TPSA) is 45.7 Å². The van der Waals surface area contributed by atoms with E-state index in [-0.39, 0.29) is 30.5 Å². The number of halogens is 4. The minimum Gasteiger partial charge on any atom is -0.497 e. The number of hydrogen-bond acceptors (Lipinski definition) is 2. The predicted octanol–water partition coefficient (Wildman–Crippen LogP) is 2.97. The number of nitrogens with one attached hydrogen (secondary N) is 2. The summed E-state index contributed by atoms with van der Waals surface area (Å²) in [5, 5.41) is 5.60. The summed E-state index contributed by atoms with van der Waals surface area (Å²) in [6.07, 6.45) is -4.30. The second-order valence-corrected chi connectivity index (χ2v) is 4.39. The van der Waals surface area contributed by atoms with Crippen molar-refractivity contribution in [3.63, 3.8) is 0 Å². The van der Waals surface area contributed by atoms with Crippen LogP contribution < -0.4 is 15.4 Å². The molecular formula is C14H21F3IN3O. The van der Waals surface area contributed by atoms with E-state index in [1.54, 1.807) is 7.11 Å². The van der Waals surface area contributed by atoms with Gasteiger partial charge < -0.3 is 15.4 Å². The molecule has 126 valence electrons. The lowest BCUT2D eigenvalue weighted by Crippen LogP contribution is -2.39. The Morgan fingerprint density at radius 1 is 1.14 bits per heavy atom. The largest absolute Gasteiger partial charge is 0.497 e. The summed E-state index contributed by atoms with van der Waals surface area (Å²) in [6, 6.07) is 7.62. The Morgan fingerprint density at radius 2 is 1.73 bits per heavy atom. The van der Waals surface area contributed by atoms with Gasteiger partial charge in [0.2, 0.25) is 0 Å². The summed E-state index contributed by atoms with van der Waals surface area (Å²) in [5.41, 5.74) is 1.11. The molecule has 0 atom stereocenters. The van der Waals surface area contributed by atoms with Crippen molar-refractivity contribution in [1.29, 1.82) is 0 Å². The molecule has 0 saturated heterocycles. The van der Waals surface area contributed by atoms with Crippen LogP contribution in [0.15, 0.2) is 29.3 Å². The average molecular weight is 431 g/mol. The molecule has 0 spiro atoms. The number of hydrogen-bond donors (Lipinski definition) is 2. The number of rotatable bonds is 6. The predicted molar refractivity (Wildman–Crippen MR) is 92.1 cm³/mol. The molecule has 0 saturated carbocycles. The van der Waals surface area contributed by atoms with Gasteiger partial charge in [-0.1, -0.05) is 12.1 Å². The third kappa shape index (κ3) is 8.96. The second kappa shape index (κ2) is 10.5. The van der Waals surface area contributed by atoms with Gasteiger partial charge in [-0.05, 0) is 24.1 Å². The Morgan fingerprint density at radius 3 is 2.23 bits per heavy atom. The van der Waals surface area contributed by atoms with Crippen LogP contribution in [-0.4, -0.2) is 39.4 Å². The minimum atomic E-state index is -4.16. The Hall–Kier alpha value is -1.19. The molecule has 8 heteroatoms. The van der Waals surface area contributed by atoms with Crippen molar-refractivity contribution in [2.24, 2.45) is 4.99 Å². The third-order valence-corrected chi connectivity index (χ3v) is 2.79. The Labute approximate surface area is 145 Å². The molecule has 0 aliphatic carbocycles. The number of guanidine groups is 1. The quantitative estimate of drug-likeness (QED) is 0.414. The van der Waals surface area contributed by atoms with E-state index in [4.69, 9.17) is 4.74 Å². The minimum absolute atomic E-state index is 0. The molecule has 0 radical (unpaired) electrons. The highest BCUT2D eigenvalue weighted by Crippen LogP contribution is 2.18. The van der Waals surface area contributed by atoms with Gasteiger partial charge in [-0.3, -0.25) is 4.99 Å². The molecule has 1 aromatic rings. The Kier molecular flexibility index (Phi) is 9.95. The molecule has 0 amide bonds. The van der Waals surface area contributed by atoms with Crippen molar-refractivity contribution in [3.05, 3.63) is 29.8 Å². The van der Waals surface area contributed by atoms with E-state index in [2.05, 4.69) is 15.6 Å². The molecular weight excluding hydrogens is 410 g/mol. The molecule has 0 fully saturated rings. The average Bonchev–Trinajstić information content (AvgIpc) is 2.45. The van der Waals surface area contributed by atoms with E-state index in [9.17, 15) is 13.2 Å². The van der Waals surface area contributed by atoms with Gasteiger partial charge in [0, 0.05) is 20.1 Å². The summed E-state index contributed by atoms with van der Waals surface area (Å²) in [6.45, 7) is 0.393. The van der Waals surface area contributed by atoms with Crippen molar-refractivity contribution >= 4 is 29.9 Å². The van der Waals surface area contributed by atoms with Gasteiger partial charge in [-0.25, -0.2) is 0 Å². The summed E-state index contributed by atoms with van der Waals surface area (Å²) in [7, 11) is 3.13. The van der Waals surface area contributed by atoms with Gasteiger partial charge in [-0.2, -0.15) is 13.2 Å². The van der Waals surface area contributed by atoms with Crippen LogP contribution in [0.25, 0.3) is 0 Å². The maximum Gasteiger partial charge on any atom is 0.390 e. The second-order valence-electron chi connectivity index (χ2n) is 4.39. The highest BCUT2D eigenvalue weighted by Gasteiger charge is 2.26. The highest BCUT2D eigenvalue weighted by atomic mass is 127. The van der Waals surface area contributed by atoms with Crippen LogP contribution >= 0.6 is 24.0 Å². The zero-order chi connectivity index (χ0) is 15.7. The molecule has 4 nitrogen and oxygen atoms in total. The van der Waals surface area contributed by atoms with Crippen molar-refractivity contribution < 1.29 is 17.9 Å². The molecule has 0 bridgehead atoms. The first-order valence-electron chi connectivity index (χ1n) is 6.59. The smallest absolute Gasteiger partial charge is 0.390 e. The molecule has 0 heterocycles. The summed E-state index contributed by atoms with van der Waals surface area (Å²) >= 11 is 0. The SMILES string of the molecule is CN=C(NCCc1ccc(OC)cc1)NCCC(F)(F)F.I. The van der Waals surface area contributed by atoms with E-state index >= 15 is 0 Å². The fraction of sp³-hybridized carbons (Fsp3) is 0.500. The number of aliphatic imine (C=N–C) groups is 1. The van der Waals surface area contributed by atoms with Gasteiger partial charge >= 0.3 is 6.18 Å². The van der Waals surface area contributed by atoms with E-state index in [0.29, 0.717) is 12.5 Å². The number of methoxy groups -OCH3 is 1. The number of alkyl halides is 3. The van der Waals surface area contributed by atoms with Crippen molar-refractivity contribution in [1.82, 2.24) is 10.6 Å². The molecule has 1 rings (SSSR count). The Balaban J connectivity index is 0.00000441. The van der Waals surface area contributed by atoms with E-state index < -0.39 is 12.6 Å². The zero-order valence-electron chi connectivity index (χ0n) is 12.5. The Bertz CT molecular complexity index is 450. The van der Waals surface area contributed by atoms with Crippen molar-refractivity contribution in [2.75, 3.05) is 27.2 Å². The molecule has 22 heavy (non-hydrogen) atoms. The van der Waals surface area contributed by atoms with E-state index in [0.717, 1.165) is 17.7 Å². The van der Waals surface area contributed by atoms with Crippen LogP contribution in [0.2, 0.25) is 0 Å². The lowest BCUT2D eigenvalue weighted by molar-refractivity contribution is -0.132. The number of nitrogens with zero attached hydrogens (tertiary/aromatic N) is 1. The van der Waals surface area contributed by atoms with Crippen LogP contribution in [0.5, 0.6) is 5.75 Å². The molecule has 2 N–H and O–H groups in total. The monoisotopic (exact) mass is 431 g/mol. The first-order valence-corrected chi connectivity index (χ1v) is 6.59. The molecule has 1 aromatic carbocycles. The summed E-state index contributed by atoms with van der Waals surface area (Å²) in [5.74, 6) is 1.16. The van der Waals surface area contributed by atoms with Crippen LogP contribution in [0.1, 0.15) is 12.0 Å². The molecule has 0 aliphatic rings. The zero-order valence-corrected chi connectivity index (χ0v) is 14.9.